The quantitative estimate of drug-likeness (QED) is 0.494. The average molecular weight is 246 g/mol. The number of hydrogen-bond donors (Lipinski definition) is 1. The SMILES string of the molecule is COC(=O)c1ccc(NN=C(C#N)C#N)c(F)c1. The van der Waals surface area contributed by atoms with Crippen LogP contribution in [0.15, 0.2) is 23.3 Å². The number of halogens is 1. The van der Waals surface area contributed by atoms with Crippen molar-refractivity contribution in [2.45, 2.75) is 0 Å². The van der Waals surface area contributed by atoms with E-state index in [4.69, 9.17) is 10.5 Å². The Hall–Kier alpha value is -2.93. The molecule has 0 aromatic heterocycles. The van der Waals surface area contributed by atoms with E-state index in [1.165, 1.54) is 31.4 Å². The lowest BCUT2D eigenvalue weighted by Crippen LogP contribution is -2.03. The number of ether oxygens (including phenoxy) is 1. The molecule has 0 bridgehead atoms. The van der Waals surface area contributed by atoms with Gasteiger partial charge in [-0.25, -0.2) is 9.18 Å². The molecule has 0 fully saturated rings. The summed E-state index contributed by atoms with van der Waals surface area (Å²) in [4.78, 5) is 11.1. The summed E-state index contributed by atoms with van der Waals surface area (Å²) in [7, 11) is 1.18. The number of nitrogens with one attached hydrogen (secondary N) is 1. The first-order valence-corrected chi connectivity index (χ1v) is 4.64. The highest BCUT2D eigenvalue weighted by Gasteiger charge is 2.09. The van der Waals surface area contributed by atoms with Crippen LogP contribution in [0.3, 0.4) is 0 Å². The van der Waals surface area contributed by atoms with E-state index in [9.17, 15) is 9.18 Å². The summed E-state index contributed by atoms with van der Waals surface area (Å²) in [5.41, 5.74) is 1.76. The maximum Gasteiger partial charge on any atom is 0.337 e. The lowest BCUT2D eigenvalue weighted by Gasteiger charge is -2.04. The van der Waals surface area contributed by atoms with E-state index in [2.05, 4.69) is 15.3 Å². The van der Waals surface area contributed by atoms with Gasteiger partial charge >= 0.3 is 5.97 Å². The summed E-state index contributed by atoms with van der Waals surface area (Å²) in [6, 6.07) is 6.55. The van der Waals surface area contributed by atoms with Gasteiger partial charge in [0.1, 0.15) is 18.0 Å². The van der Waals surface area contributed by atoms with E-state index in [0.29, 0.717) is 0 Å². The van der Waals surface area contributed by atoms with Crippen LogP contribution < -0.4 is 5.43 Å². The highest BCUT2D eigenvalue weighted by Crippen LogP contribution is 2.16. The Morgan fingerprint density at radius 2 is 2.11 bits per heavy atom. The summed E-state index contributed by atoms with van der Waals surface area (Å²) < 4.78 is 17.9. The third-order valence-electron chi connectivity index (χ3n) is 1.89. The number of hydrazone groups is 1. The minimum Gasteiger partial charge on any atom is -0.465 e. The lowest BCUT2D eigenvalue weighted by molar-refractivity contribution is 0.0600. The Morgan fingerprint density at radius 3 is 2.61 bits per heavy atom. The summed E-state index contributed by atoms with van der Waals surface area (Å²) in [6.07, 6.45) is 0. The summed E-state index contributed by atoms with van der Waals surface area (Å²) in [6.45, 7) is 0. The van der Waals surface area contributed by atoms with Gasteiger partial charge in [-0.05, 0) is 18.2 Å². The second kappa shape index (κ2) is 5.97. The molecule has 0 aliphatic carbocycles. The van der Waals surface area contributed by atoms with Crippen LogP contribution in [0.5, 0.6) is 0 Å². The first kappa shape index (κ1) is 13.1. The van der Waals surface area contributed by atoms with Crippen molar-refractivity contribution in [1.82, 2.24) is 0 Å². The van der Waals surface area contributed by atoms with Gasteiger partial charge in [-0.15, -0.1) is 0 Å². The molecule has 0 amide bonds. The van der Waals surface area contributed by atoms with E-state index < -0.39 is 17.5 Å². The van der Waals surface area contributed by atoms with Gasteiger partial charge in [-0.2, -0.15) is 15.6 Å². The zero-order valence-electron chi connectivity index (χ0n) is 9.27. The van der Waals surface area contributed by atoms with Gasteiger partial charge in [0.05, 0.1) is 18.4 Å². The van der Waals surface area contributed by atoms with Crippen molar-refractivity contribution in [3.63, 3.8) is 0 Å². The third-order valence-corrected chi connectivity index (χ3v) is 1.89. The van der Waals surface area contributed by atoms with Gasteiger partial charge in [0.2, 0.25) is 5.71 Å². The smallest absolute Gasteiger partial charge is 0.337 e. The molecule has 0 saturated carbocycles. The number of anilines is 1. The molecule has 1 aromatic rings. The first-order chi connectivity index (χ1) is 8.62. The molecule has 0 spiro atoms. The number of nitrogens with zero attached hydrogens (tertiary/aromatic N) is 3. The number of hydrogen-bond acceptors (Lipinski definition) is 6. The molecule has 0 unspecified atom stereocenters. The topological polar surface area (TPSA) is 98.3 Å². The minimum atomic E-state index is -0.753. The van der Waals surface area contributed by atoms with Crippen LogP contribution in [-0.2, 0) is 4.74 Å². The monoisotopic (exact) mass is 246 g/mol. The fourth-order valence-electron chi connectivity index (χ4n) is 1.04. The second-order valence-electron chi connectivity index (χ2n) is 2.98. The Morgan fingerprint density at radius 1 is 1.44 bits per heavy atom. The Balaban J connectivity index is 2.95. The van der Waals surface area contributed by atoms with Gasteiger partial charge in [0.25, 0.3) is 0 Å². The molecule has 1 rings (SSSR count). The molecule has 7 heteroatoms. The molecule has 90 valence electrons. The number of esters is 1. The maximum atomic E-state index is 13.5. The fourth-order valence-corrected chi connectivity index (χ4v) is 1.04. The number of rotatable bonds is 3. The van der Waals surface area contributed by atoms with E-state index >= 15 is 0 Å². The van der Waals surface area contributed by atoms with Crippen molar-refractivity contribution < 1.29 is 13.9 Å². The van der Waals surface area contributed by atoms with E-state index in [1.807, 2.05) is 0 Å². The zero-order valence-corrected chi connectivity index (χ0v) is 9.27. The van der Waals surface area contributed by atoms with Gasteiger partial charge in [0, 0.05) is 0 Å². The number of benzene rings is 1. The van der Waals surface area contributed by atoms with Crippen molar-refractivity contribution in [1.29, 1.82) is 10.5 Å². The summed E-state index contributed by atoms with van der Waals surface area (Å²) in [5.74, 6) is -1.42. The summed E-state index contributed by atoms with van der Waals surface area (Å²) in [5, 5.41) is 20.2. The van der Waals surface area contributed by atoms with Crippen LogP contribution >= 0.6 is 0 Å². The molecule has 0 heterocycles. The largest absolute Gasteiger partial charge is 0.465 e. The van der Waals surface area contributed by atoms with Crippen molar-refractivity contribution in [3.05, 3.63) is 29.6 Å². The van der Waals surface area contributed by atoms with Crippen molar-refractivity contribution >= 4 is 17.4 Å². The van der Waals surface area contributed by atoms with Gasteiger partial charge < -0.3 is 4.74 Å². The molecule has 0 aliphatic rings. The molecule has 0 radical (unpaired) electrons. The average Bonchev–Trinajstić information content (AvgIpc) is 2.40. The first-order valence-electron chi connectivity index (χ1n) is 4.64. The molecule has 1 aromatic carbocycles. The number of carbonyl (C=O) groups excluding carboxylic acids is 1. The van der Waals surface area contributed by atoms with E-state index in [0.717, 1.165) is 6.07 Å². The molecule has 6 nitrogen and oxygen atoms in total. The predicted molar refractivity (Wildman–Crippen MR) is 60.0 cm³/mol. The van der Waals surface area contributed by atoms with Crippen molar-refractivity contribution in [2.24, 2.45) is 5.10 Å². The van der Waals surface area contributed by atoms with Crippen LogP contribution in [0, 0.1) is 28.5 Å². The highest BCUT2D eigenvalue weighted by molar-refractivity contribution is 6.10. The lowest BCUT2D eigenvalue weighted by atomic mass is 10.2. The predicted octanol–water partition coefficient (Wildman–Crippen LogP) is 1.43. The second-order valence-corrected chi connectivity index (χ2v) is 2.98. The molecule has 0 saturated heterocycles. The van der Waals surface area contributed by atoms with Crippen LogP contribution in [0.4, 0.5) is 10.1 Å². The number of carbonyl (C=O) groups is 1. The molecular weight excluding hydrogens is 239 g/mol. The van der Waals surface area contributed by atoms with Gasteiger partial charge in [-0.3, -0.25) is 5.43 Å². The number of methoxy groups -OCH3 is 1. The Labute approximate surface area is 102 Å². The van der Waals surface area contributed by atoms with E-state index in [-0.39, 0.29) is 11.3 Å². The van der Waals surface area contributed by atoms with Crippen LogP contribution in [0.25, 0.3) is 0 Å². The molecular formula is C11H7FN4O2. The molecule has 1 N–H and O–H groups in total. The molecule has 0 aliphatic heterocycles. The third kappa shape index (κ3) is 3.03. The van der Waals surface area contributed by atoms with Gasteiger partial charge in [0.15, 0.2) is 0 Å². The Kier molecular flexibility index (Phi) is 4.35. The van der Waals surface area contributed by atoms with Crippen LogP contribution in [-0.4, -0.2) is 18.8 Å². The van der Waals surface area contributed by atoms with Crippen molar-refractivity contribution in [3.8, 4) is 12.1 Å². The van der Waals surface area contributed by atoms with Crippen LogP contribution in [0.2, 0.25) is 0 Å². The Bertz CT molecular complexity index is 568. The number of nitriles is 2. The van der Waals surface area contributed by atoms with Crippen LogP contribution in [0.1, 0.15) is 10.4 Å². The normalized spacial score (nSPS) is 8.67. The minimum absolute atomic E-state index is 0.0466. The zero-order chi connectivity index (χ0) is 13.5. The molecule has 18 heavy (non-hydrogen) atoms. The standard InChI is InChI=1S/C11H7FN4O2/c1-18-11(17)7-2-3-10(9(12)4-7)16-15-8(5-13)6-14/h2-4,16H,1H3. The maximum absolute atomic E-state index is 13.5. The molecule has 0 atom stereocenters. The van der Waals surface area contributed by atoms with E-state index in [1.54, 1.807) is 0 Å². The summed E-state index contributed by atoms with van der Waals surface area (Å²) >= 11 is 0. The van der Waals surface area contributed by atoms with Crippen molar-refractivity contribution in [2.75, 3.05) is 12.5 Å². The van der Waals surface area contributed by atoms with Gasteiger partial charge in [-0.1, -0.05) is 0 Å². The highest BCUT2D eigenvalue weighted by atomic mass is 19.1. The fraction of sp³-hybridized carbons (Fsp3) is 0.0909.